The molecule has 1 heterocycles. The molecule has 0 amide bonds. The number of rotatable bonds is 5. The second-order valence-corrected chi connectivity index (χ2v) is 6.06. The van der Waals surface area contributed by atoms with Gasteiger partial charge in [-0.1, -0.05) is 13.8 Å². The fourth-order valence-electron chi connectivity index (χ4n) is 1.04. The lowest BCUT2D eigenvalue weighted by molar-refractivity contribution is 0.102. The third-order valence-electron chi connectivity index (χ3n) is 1.70. The van der Waals surface area contributed by atoms with Gasteiger partial charge in [0.25, 0.3) is 0 Å². The lowest BCUT2D eigenvalue weighted by Crippen LogP contribution is -2.02. The summed E-state index contributed by atoms with van der Waals surface area (Å²) in [7, 11) is 0. The van der Waals surface area contributed by atoms with Crippen LogP contribution in [-0.2, 0) is 0 Å². The number of ketones is 1. The summed E-state index contributed by atoms with van der Waals surface area (Å²) in [6, 6.07) is 3.93. The topological polar surface area (TPSA) is 17.1 Å². The standard InChI is InChI=1S/C11H16OS2/c1-8(2)6-13-7-10(12)11-5-4-9(3)14-11/h4-5,8H,6-7H2,1-3H3. The Morgan fingerprint density at radius 2 is 2.21 bits per heavy atom. The van der Waals surface area contributed by atoms with Gasteiger partial charge in [-0.25, -0.2) is 0 Å². The van der Waals surface area contributed by atoms with E-state index in [2.05, 4.69) is 13.8 Å². The summed E-state index contributed by atoms with van der Waals surface area (Å²) in [5.41, 5.74) is 0. The summed E-state index contributed by atoms with van der Waals surface area (Å²) in [6.07, 6.45) is 0. The fourth-order valence-corrected chi connectivity index (χ4v) is 2.87. The first-order valence-electron chi connectivity index (χ1n) is 4.77. The number of thiophene rings is 1. The van der Waals surface area contributed by atoms with Crippen molar-refractivity contribution in [1.29, 1.82) is 0 Å². The monoisotopic (exact) mass is 228 g/mol. The van der Waals surface area contributed by atoms with Gasteiger partial charge in [0, 0.05) is 4.88 Å². The number of carbonyl (C=O) groups is 1. The van der Waals surface area contributed by atoms with E-state index in [-0.39, 0.29) is 5.78 Å². The van der Waals surface area contributed by atoms with E-state index in [9.17, 15) is 4.79 Å². The summed E-state index contributed by atoms with van der Waals surface area (Å²) < 4.78 is 0. The van der Waals surface area contributed by atoms with Crippen LogP contribution in [-0.4, -0.2) is 17.3 Å². The molecule has 0 N–H and O–H groups in total. The molecule has 78 valence electrons. The summed E-state index contributed by atoms with van der Waals surface area (Å²) in [5.74, 6) is 2.63. The molecule has 0 bridgehead atoms. The Labute approximate surface area is 93.9 Å². The molecule has 14 heavy (non-hydrogen) atoms. The molecule has 0 aliphatic carbocycles. The van der Waals surface area contributed by atoms with E-state index in [1.807, 2.05) is 19.1 Å². The minimum Gasteiger partial charge on any atom is -0.292 e. The quantitative estimate of drug-likeness (QED) is 0.716. The predicted octanol–water partition coefficient (Wildman–Crippen LogP) is 3.63. The van der Waals surface area contributed by atoms with Crippen LogP contribution in [0.1, 0.15) is 28.4 Å². The van der Waals surface area contributed by atoms with Gasteiger partial charge in [0.1, 0.15) is 0 Å². The average molecular weight is 228 g/mol. The Morgan fingerprint density at radius 3 is 2.71 bits per heavy atom. The molecule has 0 unspecified atom stereocenters. The van der Waals surface area contributed by atoms with Crippen molar-refractivity contribution in [2.75, 3.05) is 11.5 Å². The summed E-state index contributed by atoms with van der Waals surface area (Å²) in [6.45, 7) is 6.38. The number of hydrogen-bond acceptors (Lipinski definition) is 3. The van der Waals surface area contributed by atoms with Gasteiger partial charge in [0.15, 0.2) is 5.78 Å². The van der Waals surface area contributed by atoms with Gasteiger partial charge in [-0.2, -0.15) is 11.8 Å². The maximum Gasteiger partial charge on any atom is 0.182 e. The van der Waals surface area contributed by atoms with Gasteiger partial charge >= 0.3 is 0 Å². The highest BCUT2D eigenvalue weighted by atomic mass is 32.2. The first-order chi connectivity index (χ1) is 6.59. The van der Waals surface area contributed by atoms with E-state index < -0.39 is 0 Å². The molecule has 0 atom stereocenters. The summed E-state index contributed by atoms with van der Waals surface area (Å²) in [5, 5.41) is 0. The van der Waals surface area contributed by atoms with E-state index >= 15 is 0 Å². The Balaban J connectivity index is 2.36. The van der Waals surface area contributed by atoms with Gasteiger partial charge in [0.2, 0.25) is 0 Å². The summed E-state index contributed by atoms with van der Waals surface area (Å²) >= 11 is 3.32. The molecule has 0 aromatic carbocycles. The van der Waals surface area contributed by atoms with E-state index in [1.54, 1.807) is 23.1 Å². The molecule has 0 saturated carbocycles. The first-order valence-corrected chi connectivity index (χ1v) is 6.74. The zero-order valence-electron chi connectivity index (χ0n) is 8.87. The third-order valence-corrected chi connectivity index (χ3v) is 4.11. The maximum atomic E-state index is 11.6. The van der Waals surface area contributed by atoms with Gasteiger partial charge in [0.05, 0.1) is 10.6 Å². The SMILES string of the molecule is Cc1ccc(C(=O)CSCC(C)C)s1. The minimum atomic E-state index is 0.272. The van der Waals surface area contributed by atoms with Gasteiger partial charge in [-0.15, -0.1) is 11.3 Å². The van der Waals surface area contributed by atoms with Crippen molar-refractivity contribution in [2.45, 2.75) is 20.8 Å². The Kier molecular flexibility index (Phi) is 4.69. The molecular weight excluding hydrogens is 212 g/mol. The molecule has 1 aromatic heterocycles. The van der Waals surface area contributed by atoms with Crippen molar-refractivity contribution in [2.24, 2.45) is 5.92 Å². The van der Waals surface area contributed by atoms with Crippen molar-refractivity contribution in [3.05, 3.63) is 21.9 Å². The largest absolute Gasteiger partial charge is 0.292 e. The van der Waals surface area contributed by atoms with Crippen LogP contribution in [0.2, 0.25) is 0 Å². The second-order valence-electron chi connectivity index (χ2n) is 3.74. The molecule has 0 aliphatic heterocycles. The predicted molar refractivity (Wildman–Crippen MR) is 65.5 cm³/mol. The van der Waals surface area contributed by atoms with Crippen LogP contribution < -0.4 is 0 Å². The molecule has 0 spiro atoms. The van der Waals surface area contributed by atoms with E-state index in [0.29, 0.717) is 11.7 Å². The van der Waals surface area contributed by atoms with E-state index in [1.165, 1.54) is 4.88 Å². The van der Waals surface area contributed by atoms with E-state index in [0.717, 1.165) is 10.6 Å². The first kappa shape index (κ1) is 11.8. The molecule has 0 aliphatic rings. The minimum absolute atomic E-state index is 0.272. The van der Waals surface area contributed by atoms with E-state index in [4.69, 9.17) is 0 Å². The van der Waals surface area contributed by atoms with Crippen molar-refractivity contribution >= 4 is 28.9 Å². The molecule has 0 fully saturated rings. The highest BCUT2D eigenvalue weighted by molar-refractivity contribution is 8.00. The van der Waals surface area contributed by atoms with Gasteiger partial charge < -0.3 is 0 Å². The zero-order valence-corrected chi connectivity index (χ0v) is 10.5. The summed E-state index contributed by atoms with van der Waals surface area (Å²) in [4.78, 5) is 13.7. The lowest BCUT2D eigenvalue weighted by atomic mass is 10.3. The Bertz CT molecular complexity index is 302. The molecule has 0 saturated heterocycles. The lowest BCUT2D eigenvalue weighted by Gasteiger charge is -2.02. The zero-order chi connectivity index (χ0) is 10.6. The van der Waals surface area contributed by atoms with Crippen LogP contribution in [0.4, 0.5) is 0 Å². The molecular formula is C11H16OS2. The van der Waals surface area contributed by atoms with Crippen LogP contribution in [0.3, 0.4) is 0 Å². The van der Waals surface area contributed by atoms with Gasteiger partial charge in [-0.3, -0.25) is 4.79 Å². The fraction of sp³-hybridized carbons (Fsp3) is 0.545. The van der Waals surface area contributed by atoms with Crippen molar-refractivity contribution < 1.29 is 4.79 Å². The number of aryl methyl sites for hydroxylation is 1. The van der Waals surface area contributed by atoms with Crippen LogP contribution in [0.15, 0.2) is 12.1 Å². The number of thioether (sulfide) groups is 1. The molecule has 1 aromatic rings. The molecule has 1 nitrogen and oxygen atoms in total. The smallest absolute Gasteiger partial charge is 0.182 e. The van der Waals surface area contributed by atoms with Crippen LogP contribution in [0, 0.1) is 12.8 Å². The highest BCUT2D eigenvalue weighted by Gasteiger charge is 2.08. The number of Topliss-reactive ketones (excluding diaryl/α,β-unsaturated/α-hetero) is 1. The normalized spacial score (nSPS) is 10.9. The Hall–Kier alpha value is -0.280. The van der Waals surface area contributed by atoms with Crippen molar-refractivity contribution in [3.8, 4) is 0 Å². The highest BCUT2D eigenvalue weighted by Crippen LogP contribution is 2.18. The van der Waals surface area contributed by atoms with Crippen molar-refractivity contribution in [1.82, 2.24) is 0 Å². The van der Waals surface area contributed by atoms with Crippen LogP contribution in [0.25, 0.3) is 0 Å². The average Bonchev–Trinajstić information content (AvgIpc) is 2.51. The number of carbonyl (C=O) groups excluding carboxylic acids is 1. The maximum absolute atomic E-state index is 11.6. The van der Waals surface area contributed by atoms with Crippen LogP contribution >= 0.6 is 23.1 Å². The Morgan fingerprint density at radius 1 is 1.50 bits per heavy atom. The third kappa shape index (κ3) is 3.84. The molecule has 1 rings (SSSR count). The molecule has 0 radical (unpaired) electrons. The van der Waals surface area contributed by atoms with Crippen molar-refractivity contribution in [3.63, 3.8) is 0 Å². The van der Waals surface area contributed by atoms with Crippen LogP contribution in [0.5, 0.6) is 0 Å². The molecule has 3 heteroatoms. The van der Waals surface area contributed by atoms with Gasteiger partial charge in [-0.05, 0) is 30.7 Å². The second kappa shape index (κ2) is 5.56. The number of hydrogen-bond donors (Lipinski definition) is 0.